The van der Waals surface area contributed by atoms with Crippen molar-refractivity contribution in [2.45, 2.75) is 57.8 Å². The predicted molar refractivity (Wildman–Crippen MR) is 577 cm³/mol. The quantitative estimate of drug-likeness (QED) is 0.114. The van der Waals surface area contributed by atoms with Gasteiger partial charge in [-0.05, 0) is 143 Å². The monoisotopic (exact) mass is 1820 g/mol. The van der Waals surface area contributed by atoms with Crippen molar-refractivity contribution in [3.05, 3.63) is 464 Å². The molecule has 0 atom stereocenters. The van der Waals surface area contributed by atoms with Crippen molar-refractivity contribution < 1.29 is 13.3 Å². The minimum absolute atomic E-state index is 0.139. The summed E-state index contributed by atoms with van der Waals surface area (Å²) >= 11 is 0. The number of para-hydroxylation sites is 3. The molecule has 0 radical (unpaired) electrons. The first-order valence-corrected chi connectivity index (χ1v) is 48.3. The first kappa shape index (κ1) is 84.4. The zero-order valence-corrected chi connectivity index (χ0v) is 78.7. The molecule has 3 aliphatic rings. The van der Waals surface area contributed by atoms with E-state index in [0.717, 1.165) is 160 Å². The molecule has 0 fully saturated rings. The molecule has 19 aromatic carbocycles. The average molecular weight is 1830 g/mol. The highest BCUT2D eigenvalue weighted by Gasteiger charge is 2.43. The van der Waals surface area contributed by atoms with Crippen LogP contribution in [0.3, 0.4) is 0 Å². The summed E-state index contributed by atoms with van der Waals surface area (Å²) in [6.45, 7) is 14.0. The Morgan fingerprint density at radius 3 is 0.732 bits per heavy atom. The van der Waals surface area contributed by atoms with Gasteiger partial charge in [-0.1, -0.05) is 424 Å². The molecule has 6 aromatic heterocycles. The van der Waals surface area contributed by atoms with Gasteiger partial charge in [-0.25, -0.2) is 44.9 Å². The van der Waals surface area contributed by atoms with Gasteiger partial charge in [0.15, 0.2) is 52.4 Å². The van der Waals surface area contributed by atoms with Gasteiger partial charge in [0.2, 0.25) is 0 Å². The highest BCUT2D eigenvalue weighted by atomic mass is 16.3. The number of fused-ring (bicyclic) bond motifs is 19. The molecule has 6 heterocycles. The van der Waals surface area contributed by atoms with Crippen LogP contribution in [0.2, 0.25) is 0 Å². The molecule has 0 saturated carbocycles. The Balaban J connectivity index is 0.000000109. The summed E-state index contributed by atoms with van der Waals surface area (Å²) in [6.07, 6.45) is 0. The van der Waals surface area contributed by atoms with Crippen LogP contribution in [0, 0.1) is 0 Å². The van der Waals surface area contributed by atoms with Crippen LogP contribution >= 0.6 is 0 Å². The largest absolute Gasteiger partial charge is 0.455 e. The molecule has 28 rings (SSSR count). The molecular weight excluding hydrogens is 1740 g/mol. The van der Waals surface area contributed by atoms with Crippen LogP contribution in [0.4, 0.5) is 0 Å². The van der Waals surface area contributed by atoms with E-state index in [-0.39, 0.29) is 16.2 Å². The Bertz CT molecular complexity index is 9250. The zero-order chi connectivity index (χ0) is 95.1. The molecule has 142 heavy (non-hydrogen) atoms. The second kappa shape index (κ2) is 33.7. The van der Waals surface area contributed by atoms with Gasteiger partial charge >= 0.3 is 0 Å². The Morgan fingerprint density at radius 2 is 0.387 bits per heavy atom. The fourth-order valence-electron chi connectivity index (χ4n) is 21.9. The molecule has 12 nitrogen and oxygen atoms in total. The van der Waals surface area contributed by atoms with Crippen LogP contribution in [0.1, 0.15) is 74.9 Å². The number of aromatic nitrogens is 9. The van der Waals surface area contributed by atoms with Crippen molar-refractivity contribution in [2.24, 2.45) is 0 Å². The van der Waals surface area contributed by atoms with E-state index in [1.54, 1.807) is 0 Å². The maximum Gasteiger partial charge on any atom is 0.164 e. The summed E-state index contributed by atoms with van der Waals surface area (Å²) in [5.41, 5.74) is 35.4. The summed E-state index contributed by atoms with van der Waals surface area (Å²) in [6, 6.07) is 149. The third-order valence-electron chi connectivity index (χ3n) is 29.0. The van der Waals surface area contributed by atoms with Gasteiger partial charge in [0.05, 0.1) is 0 Å². The van der Waals surface area contributed by atoms with Crippen molar-refractivity contribution in [2.75, 3.05) is 0 Å². The van der Waals surface area contributed by atoms with Gasteiger partial charge in [0.1, 0.15) is 33.5 Å². The van der Waals surface area contributed by atoms with E-state index in [1.165, 1.54) is 66.8 Å². The van der Waals surface area contributed by atoms with E-state index in [2.05, 4.69) is 302 Å². The molecule has 25 aromatic rings. The number of nitrogens with zero attached hydrogens (tertiary/aromatic N) is 9. The van der Waals surface area contributed by atoms with Gasteiger partial charge in [-0.2, -0.15) is 0 Å². The van der Waals surface area contributed by atoms with Crippen molar-refractivity contribution in [1.29, 1.82) is 0 Å². The van der Waals surface area contributed by atoms with Crippen molar-refractivity contribution >= 4 is 76.6 Å². The molecule has 0 saturated heterocycles. The molecule has 0 amide bonds. The van der Waals surface area contributed by atoms with E-state index >= 15 is 0 Å². The van der Waals surface area contributed by atoms with Gasteiger partial charge in [0, 0.05) is 115 Å². The summed E-state index contributed by atoms with van der Waals surface area (Å²) in [7, 11) is 0. The van der Waals surface area contributed by atoms with Gasteiger partial charge in [-0.3, -0.25) is 0 Å². The molecule has 12 heteroatoms. The van der Waals surface area contributed by atoms with Gasteiger partial charge in [-0.15, -0.1) is 0 Å². The van der Waals surface area contributed by atoms with Crippen LogP contribution in [-0.4, -0.2) is 44.9 Å². The maximum atomic E-state index is 6.75. The number of furan rings is 3. The second-order valence-corrected chi connectivity index (χ2v) is 38.5. The van der Waals surface area contributed by atoms with Crippen LogP contribution in [0.5, 0.6) is 0 Å². The minimum atomic E-state index is -0.170. The molecule has 0 aliphatic heterocycles. The molecular formula is C130H89N9O3. The van der Waals surface area contributed by atoms with E-state index < -0.39 is 0 Å². The number of rotatable bonds is 12. The lowest BCUT2D eigenvalue weighted by molar-refractivity contribution is 0.658. The Kier molecular flexibility index (Phi) is 20.0. The van der Waals surface area contributed by atoms with E-state index in [4.69, 9.17) is 58.1 Å². The summed E-state index contributed by atoms with van der Waals surface area (Å²) in [5, 5.41) is 9.04. The summed E-state index contributed by atoms with van der Waals surface area (Å²) in [4.78, 5) is 45.0. The number of hydrogen-bond acceptors (Lipinski definition) is 12. The van der Waals surface area contributed by atoms with Gasteiger partial charge < -0.3 is 13.3 Å². The molecule has 0 spiro atoms. The Hall–Kier alpha value is -18.1. The highest BCUT2D eigenvalue weighted by Crippen LogP contribution is 2.60. The third-order valence-corrected chi connectivity index (χ3v) is 29.0. The van der Waals surface area contributed by atoms with Crippen LogP contribution in [-0.2, 0) is 16.2 Å². The smallest absolute Gasteiger partial charge is 0.164 e. The summed E-state index contributed by atoms with van der Waals surface area (Å²) < 4.78 is 20.1. The average Bonchev–Trinajstić information content (AvgIpc) is 1.55. The first-order valence-electron chi connectivity index (χ1n) is 48.3. The Morgan fingerprint density at radius 1 is 0.155 bits per heavy atom. The molecule has 672 valence electrons. The topological polar surface area (TPSA) is 155 Å². The summed E-state index contributed by atoms with van der Waals surface area (Å²) in [5.74, 6) is 5.76. The van der Waals surface area contributed by atoms with E-state index in [1.807, 2.05) is 170 Å². The SMILES string of the molecule is CC1(C)c2ccccc2-c2c1cc1c(oc3ccccc31)c2-c1ccc(-c2nc(-c3ccccc3)nc(-c3ccccc3)n2)cc1.CC1(C)c2ccccc2-c2c1cc1c(oc3ccccc31)c2-c1cccc(-c2nc(-c3ccccc3)nc(-c3cccc4ccccc34)n2)c1.CC1(C)c2ccccc2-c2c1cc1c(oc3ccccc31)c2-c1cccc(-c2nc(-c3ccccc3)nc(-c3ccccc3)n2)c1. The molecule has 3 aliphatic carbocycles. The lowest BCUT2D eigenvalue weighted by atomic mass is 9.81. The minimum Gasteiger partial charge on any atom is -0.455 e. The normalized spacial score (nSPS) is 13.2. The lowest BCUT2D eigenvalue weighted by Crippen LogP contribution is -2.14. The predicted octanol–water partition coefficient (Wildman–Crippen LogP) is 33.4. The standard InChI is InChI=1S/C46H31N3O.2C42H29N3O/c1-46(2)37-24-10-8-22-35(37)41-38(46)27-36-33-21-9-11-25-39(33)50-42(36)40(41)30-18-12-19-31(26-30)44-47-43(29-15-4-3-5-16-29)48-45(49-44)34-23-13-17-28-14-6-7-20-32(28)34;1-42(2)33-22-11-9-21-31(33)37-34(42)25-32-30-20-10-12-23-35(30)46-38(32)36(37)28-18-13-19-29(24-28)41-44-39(26-14-5-3-6-15-26)43-40(45-41)27-16-7-4-8-17-27;1-42(2)33-19-11-9-18-31(33)37-34(42)25-32-30-17-10-12-20-35(30)46-38(32)36(37)26-21-23-29(24-22-26)41-44-39(27-13-5-3-6-14-27)43-40(45-41)28-15-7-4-8-16-28/h3-27H,1-2H3;2*3-25H,1-2H3. The zero-order valence-electron chi connectivity index (χ0n) is 78.7. The van der Waals surface area contributed by atoms with Gasteiger partial charge in [0.25, 0.3) is 0 Å². The molecule has 0 N–H and O–H groups in total. The van der Waals surface area contributed by atoms with Crippen LogP contribution in [0.15, 0.2) is 444 Å². The third kappa shape index (κ3) is 14.1. The van der Waals surface area contributed by atoms with Crippen LogP contribution in [0.25, 0.3) is 246 Å². The maximum absolute atomic E-state index is 6.75. The first-order chi connectivity index (χ1) is 69.7. The van der Waals surface area contributed by atoms with E-state index in [0.29, 0.717) is 52.4 Å². The van der Waals surface area contributed by atoms with Crippen molar-refractivity contribution in [1.82, 2.24) is 44.9 Å². The molecule has 0 bridgehead atoms. The highest BCUT2D eigenvalue weighted by molar-refractivity contribution is 6.18. The number of benzene rings is 19. The lowest BCUT2D eigenvalue weighted by Gasteiger charge is -2.22. The fraction of sp³-hybridized carbons (Fsp3) is 0.0692. The Labute approximate surface area is 820 Å². The number of hydrogen-bond donors (Lipinski definition) is 0. The van der Waals surface area contributed by atoms with Crippen molar-refractivity contribution in [3.63, 3.8) is 0 Å². The van der Waals surface area contributed by atoms with Crippen LogP contribution < -0.4 is 0 Å². The molecule has 0 unspecified atom stereocenters. The fourth-order valence-corrected chi connectivity index (χ4v) is 21.9. The van der Waals surface area contributed by atoms with E-state index in [9.17, 15) is 0 Å². The second-order valence-electron chi connectivity index (χ2n) is 38.5. The van der Waals surface area contributed by atoms with Crippen molar-refractivity contribution in [3.8, 4) is 169 Å².